The Morgan fingerprint density at radius 1 is 1.33 bits per heavy atom. The third-order valence-electron chi connectivity index (χ3n) is 2.82. The fourth-order valence-electron chi connectivity index (χ4n) is 1.84. The Labute approximate surface area is 125 Å². The second-order valence-corrected chi connectivity index (χ2v) is 5.30. The number of thiazole rings is 1. The Kier molecular flexibility index (Phi) is 3.78. The van der Waals surface area contributed by atoms with Gasteiger partial charge in [-0.15, -0.1) is 11.3 Å². The molecule has 21 heavy (non-hydrogen) atoms. The first kappa shape index (κ1) is 13.5. The van der Waals surface area contributed by atoms with Gasteiger partial charge in [0.15, 0.2) is 5.82 Å². The number of nitrogens with one attached hydrogen (secondary N) is 1. The van der Waals surface area contributed by atoms with Gasteiger partial charge in [0.2, 0.25) is 5.95 Å². The summed E-state index contributed by atoms with van der Waals surface area (Å²) in [5.74, 6) is 1.49. The normalized spacial score (nSPS) is 10.7. The Balaban J connectivity index is 1.76. The van der Waals surface area contributed by atoms with Crippen molar-refractivity contribution < 1.29 is 0 Å². The highest BCUT2D eigenvalue weighted by Gasteiger charge is 2.06. The number of aryl methyl sites for hydroxylation is 1. The Bertz CT molecular complexity index is 720. The molecule has 3 aromatic heterocycles. The maximum atomic E-state index is 5.74. The third-order valence-corrected chi connectivity index (χ3v) is 3.86. The number of aromatic nitrogens is 5. The molecule has 0 radical (unpaired) electrons. The molecule has 0 bridgehead atoms. The van der Waals surface area contributed by atoms with Crippen LogP contribution in [0, 0.1) is 0 Å². The van der Waals surface area contributed by atoms with Gasteiger partial charge in [-0.1, -0.05) is 6.92 Å². The first-order chi connectivity index (χ1) is 10.2. The Morgan fingerprint density at radius 2 is 2.24 bits per heavy atom. The van der Waals surface area contributed by atoms with Crippen LogP contribution >= 0.6 is 11.3 Å². The fourth-order valence-corrected chi connectivity index (χ4v) is 2.58. The van der Waals surface area contributed by atoms with E-state index in [-0.39, 0.29) is 5.95 Å². The lowest BCUT2D eigenvalue weighted by molar-refractivity contribution is 0.842. The zero-order chi connectivity index (χ0) is 14.7. The summed E-state index contributed by atoms with van der Waals surface area (Å²) in [6.45, 7) is 2.70. The van der Waals surface area contributed by atoms with Crippen LogP contribution in [0.15, 0.2) is 29.9 Å². The predicted octanol–water partition coefficient (Wildman–Crippen LogP) is 1.88. The summed E-state index contributed by atoms with van der Waals surface area (Å²) in [4.78, 5) is 12.8. The topological polar surface area (TPSA) is 94.5 Å². The van der Waals surface area contributed by atoms with Gasteiger partial charge in [-0.25, -0.2) is 9.67 Å². The first-order valence-corrected chi connectivity index (χ1v) is 7.44. The van der Waals surface area contributed by atoms with Crippen molar-refractivity contribution in [3.8, 4) is 5.82 Å². The Hall–Kier alpha value is -2.48. The highest BCUT2D eigenvalue weighted by molar-refractivity contribution is 7.09. The third kappa shape index (κ3) is 3.16. The molecule has 108 valence electrons. The van der Waals surface area contributed by atoms with Crippen molar-refractivity contribution in [3.63, 3.8) is 0 Å². The van der Waals surface area contributed by atoms with E-state index in [4.69, 9.17) is 5.73 Å². The molecule has 7 nitrogen and oxygen atoms in total. The van der Waals surface area contributed by atoms with E-state index in [0.29, 0.717) is 18.2 Å². The second-order valence-electron chi connectivity index (χ2n) is 4.36. The number of nitrogens with two attached hydrogens (primary N) is 1. The quantitative estimate of drug-likeness (QED) is 0.747. The van der Waals surface area contributed by atoms with Crippen molar-refractivity contribution in [3.05, 3.63) is 40.6 Å². The lowest BCUT2D eigenvalue weighted by Gasteiger charge is -2.07. The van der Waals surface area contributed by atoms with Gasteiger partial charge in [-0.3, -0.25) is 0 Å². The molecule has 3 aromatic rings. The van der Waals surface area contributed by atoms with E-state index in [0.717, 1.165) is 17.1 Å². The molecule has 0 aliphatic heterocycles. The second kappa shape index (κ2) is 5.88. The summed E-state index contributed by atoms with van der Waals surface area (Å²) in [5.41, 5.74) is 6.74. The van der Waals surface area contributed by atoms with Crippen LogP contribution in [0.5, 0.6) is 0 Å². The maximum Gasteiger partial charge on any atom is 0.224 e. The molecule has 0 atom stereocenters. The molecule has 0 unspecified atom stereocenters. The van der Waals surface area contributed by atoms with Crippen molar-refractivity contribution in [1.29, 1.82) is 0 Å². The first-order valence-electron chi connectivity index (χ1n) is 6.56. The highest BCUT2D eigenvalue weighted by atomic mass is 32.1. The van der Waals surface area contributed by atoms with E-state index in [1.165, 1.54) is 0 Å². The Morgan fingerprint density at radius 3 is 2.95 bits per heavy atom. The molecule has 0 saturated heterocycles. The number of rotatable bonds is 5. The fraction of sp³-hybridized carbons (Fsp3) is 0.231. The van der Waals surface area contributed by atoms with Crippen LogP contribution in [0.1, 0.15) is 17.6 Å². The number of hydrogen-bond donors (Lipinski definition) is 2. The van der Waals surface area contributed by atoms with E-state index in [9.17, 15) is 0 Å². The minimum absolute atomic E-state index is 0.207. The summed E-state index contributed by atoms with van der Waals surface area (Å²) in [6.07, 6.45) is 4.45. The number of hydrogen-bond acceptors (Lipinski definition) is 7. The van der Waals surface area contributed by atoms with Crippen LogP contribution in [-0.4, -0.2) is 24.7 Å². The van der Waals surface area contributed by atoms with Crippen molar-refractivity contribution in [2.24, 2.45) is 0 Å². The summed E-state index contributed by atoms with van der Waals surface area (Å²) in [7, 11) is 0. The van der Waals surface area contributed by atoms with E-state index in [1.807, 2.05) is 11.4 Å². The van der Waals surface area contributed by atoms with E-state index in [1.54, 1.807) is 34.5 Å². The molecule has 0 amide bonds. The van der Waals surface area contributed by atoms with Gasteiger partial charge in [0, 0.05) is 23.8 Å². The van der Waals surface area contributed by atoms with Gasteiger partial charge in [-0.05, 0) is 12.5 Å². The smallest absolute Gasteiger partial charge is 0.224 e. The molecule has 0 spiro atoms. The number of nitrogens with zero attached hydrogens (tertiary/aromatic N) is 5. The minimum atomic E-state index is 0.207. The van der Waals surface area contributed by atoms with Gasteiger partial charge in [0.25, 0.3) is 0 Å². The largest absolute Gasteiger partial charge is 0.368 e. The summed E-state index contributed by atoms with van der Waals surface area (Å²) in [6, 6.07) is 3.63. The van der Waals surface area contributed by atoms with Gasteiger partial charge in [0.05, 0.1) is 17.2 Å². The molecular weight excluding hydrogens is 286 g/mol. The van der Waals surface area contributed by atoms with E-state index in [2.05, 4.69) is 32.3 Å². The van der Waals surface area contributed by atoms with Crippen molar-refractivity contribution >= 4 is 23.1 Å². The minimum Gasteiger partial charge on any atom is -0.368 e. The highest BCUT2D eigenvalue weighted by Crippen LogP contribution is 2.14. The van der Waals surface area contributed by atoms with Gasteiger partial charge in [0.1, 0.15) is 5.82 Å². The molecule has 3 heterocycles. The number of nitrogen functional groups attached to an aromatic ring is 1. The molecule has 0 saturated carbocycles. The molecule has 3 rings (SSSR count). The van der Waals surface area contributed by atoms with Crippen LogP contribution in [0.4, 0.5) is 11.8 Å². The monoisotopic (exact) mass is 301 g/mol. The molecule has 0 aliphatic carbocycles. The van der Waals surface area contributed by atoms with Crippen molar-refractivity contribution in [2.75, 3.05) is 11.1 Å². The van der Waals surface area contributed by atoms with Gasteiger partial charge < -0.3 is 11.1 Å². The maximum absolute atomic E-state index is 5.74. The van der Waals surface area contributed by atoms with Crippen LogP contribution < -0.4 is 11.1 Å². The standard InChI is InChI=1S/C13H15N7S/c1-2-12-17-9(8-21-12)7-15-10-6-11(19-13(14)18-10)20-5-3-4-16-20/h3-6,8H,2,7H2,1H3,(H3,14,15,18,19). The zero-order valence-corrected chi connectivity index (χ0v) is 12.3. The molecule has 3 N–H and O–H groups in total. The molecule has 8 heteroatoms. The molecular formula is C13H15N7S. The van der Waals surface area contributed by atoms with Crippen molar-refractivity contribution in [1.82, 2.24) is 24.7 Å². The van der Waals surface area contributed by atoms with Crippen LogP contribution in [0.3, 0.4) is 0 Å². The number of anilines is 2. The zero-order valence-electron chi connectivity index (χ0n) is 11.5. The van der Waals surface area contributed by atoms with E-state index < -0.39 is 0 Å². The van der Waals surface area contributed by atoms with E-state index >= 15 is 0 Å². The van der Waals surface area contributed by atoms with Crippen LogP contribution in [-0.2, 0) is 13.0 Å². The predicted molar refractivity (Wildman–Crippen MR) is 82.4 cm³/mol. The molecule has 0 fully saturated rings. The lowest BCUT2D eigenvalue weighted by atomic mass is 10.4. The summed E-state index contributed by atoms with van der Waals surface area (Å²) >= 11 is 1.67. The average molecular weight is 301 g/mol. The SMILES string of the molecule is CCc1nc(CNc2cc(-n3cccn3)nc(N)n2)cs1. The summed E-state index contributed by atoms with van der Waals surface area (Å²) in [5, 5.41) is 10.5. The average Bonchev–Trinajstić information content (AvgIpc) is 3.16. The van der Waals surface area contributed by atoms with Crippen LogP contribution in [0.2, 0.25) is 0 Å². The van der Waals surface area contributed by atoms with Gasteiger partial charge in [-0.2, -0.15) is 15.1 Å². The van der Waals surface area contributed by atoms with Crippen LogP contribution in [0.25, 0.3) is 5.82 Å². The van der Waals surface area contributed by atoms with Crippen molar-refractivity contribution in [2.45, 2.75) is 19.9 Å². The molecule has 0 aromatic carbocycles. The summed E-state index contributed by atoms with van der Waals surface area (Å²) < 4.78 is 1.64. The van der Waals surface area contributed by atoms with Gasteiger partial charge >= 0.3 is 0 Å². The lowest BCUT2D eigenvalue weighted by Crippen LogP contribution is -2.08. The molecule has 0 aliphatic rings.